The molecule has 2 heterocycles. The molecule has 0 saturated carbocycles. The minimum absolute atomic E-state index is 0.233. The fraction of sp³-hybridized carbons (Fsp3) is 0.727. The van der Waals surface area contributed by atoms with Crippen LogP contribution in [0.4, 0.5) is 0 Å². The number of aromatic nitrogens is 2. The van der Waals surface area contributed by atoms with Gasteiger partial charge in [0.25, 0.3) is 0 Å². The largest absolute Gasteiger partial charge is 0.305 e. The summed E-state index contributed by atoms with van der Waals surface area (Å²) in [4.78, 5) is 0. The van der Waals surface area contributed by atoms with Gasteiger partial charge in [-0.05, 0) is 26.3 Å². The highest BCUT2D eigenvalue weighted by molar-refractivity contribution is 7.91. The summed E-state index contributed by atoms with van der Waals surface area (Å²) in [6.45, 7) is 4.58. The Morgan fingerprint density at radius 3 is 2.76 bits per heavy atom. The van der Waals surface area contributed by atoms with E-state index in [4.69, 9.17) is 0 Å². The average molecular weight is 257 g/mol. The number of hydrogen-bond acceptors (Lipinski definition) is 4. The highest BCUT2D eigenvalue weighted by Crippen LogP contribution is 2.23. The van der Waals surface area contributed by atoms with Crippen molar-refractivity contribution in [1.82, 2.24) is 15.1 Å². The Balaban J connectivity index is 2.01. The lowest BCUT2D eigenvalue weighted by molar-refractivity contribution is 0.389. The Labute approximate surface area is 102 Å². The van der Waals surface area contributed by atoms with Crippen LogP contribution in [0.25, 0.3) is 0 Å². The maximum absolute atomic E-state index is 11.5. The van der Waals surface area contributed by atoms with E-state index in [1.54, 1.807) is 0 Å². The molecular weight excluding hydrogens is 238 g/mol. The normalized spacial score (nSPS) is 27.5. The van der Waals surface area contributed by atoms with Crippen LogP contribution in [-0.4, -0.2) is 35.2 Å². The van der Waals surface area contributed by atoms with Crippen LogP contribution in [0.5, 0.6) is 0 Å². The van der Waals surface area contributed by atoms with Crippen molar-refractivity contribution in [3.05, 3.63) is 17.5 Å². The van der Waals surface area contributed by atoms with Crippen molar-refractivity contribution < 1.29 is 8.42 Å². The first-order valence-electron chi connectivity index (χ1n) is 5.75. The number of nitrogens with zero attached hydrogens (tertiary/aromatic N) is 2. The van der Waals surface area contributed by atoms with Crippen molar-refractivity contribution in [2.45, 2.75) is 32.4 Å². The lowest BCUT2D eigenvalue weighted by Gasteiger charge is -2.23. The molecule has 1 N–H and O–H groups in total. The van der Waals surface area contributed by atoms with Crippen molar-refractivity contribution in [2.75, 3.05) is 11.5 Å². The number of hydrogen-bond donors (Lipinski definition) is 1. The van der Waals surface area contributed by atoms with E-state index in [0.29, 0.717) is 18.7 Å². The fourth-order valence-corrected chi connectivity index (χ4v) is 4.41. The van der Waals surface area contributed by atoms with Crippen LogP contribution in [0.1, 0.15) is 24.7 Å². The highest BCUT2D eigenvalue weighted by atomic mass is 32.2. The van der Waals surface area contributed by atoms with E-state index in [9.17, 15) is 8.42 Å². The van der Waals surface area contributed by atoms with Crippen LogP contribution in [0.2, 0.25) is 0 Å². The van der Waals surface area contributed by atoms with Gasteiger partial charge in [-0.3, -0.25) is 4.68 Å². The summed E-state index contributed by atoms with van der Waals surface area (Å²) in [6, 6.07) is 2.01. The van der Waals surface area contributed by atoms with Gasteiger partial charge in [0, 0.05) is 19.1 Å². The molecule has 1 aromatic rings. The molecule has 0 bridgehead atoms. The van der Waals surface area contributed by atoms with E-state index in [2.05, 4.69) is 10.4 Å². The van der Waals surface area contributed by atoms with E-state index < -0.39 is 9.84 Å². The summed E-state index contributed by atoms with van der Waals surface area (Å²) < 4.78 is 24.8. The quantitative estimate of drug-likeness (QED) is 0.851. The summed E-state index contributed by atoms with van der Waals surface area (Å²) >= 11 is 0. The van der Waals surface area contributed by atoms with Gasteiger partial charge in [0.15, 0.2) is 9.84 Å². The number of nitrogens with one attached hydrogen (secondary N) is 1. The molecule has 0 radical (unpaired) electrons. The zero-order valence-corrected chi connectivity index (χ0v) is 11.3. The topological polar surface area (TPSA) is 64.0 Å². The van der Waals surface area contributed by atoms with Gasteiger partial charge in [0.2, 0.25) is 0 Å². The lowest BCUT2D eigenvalue weighted by atomic mass is 10.0. The summed E-state index contributed by atoms with van der Waals surface area (Å²) in [6.07, 6.45) is 0.687. The molecule has 1 saturated heterocycles. The Hall–Kier alpha value is -0.880. The smallest absolute Gasteiger partial charge is 0.152 e. The molecule has 1 aromatic heterocycles. The maximum Gasteiger partial charge on any atom is 0.152 e. The monoisotopic (exact) mass is 257 g/mol. The van der Waals surface area contributed by atoms with Crippen LogP contribution in [0.3, 0.4) is 0 Å². The number of aryl methyl sites for hydroxylation is 2. The molecule has 1 fully saturated rings. The Morgan fingerprint density at radius 2 is 2.29 bits per heavy atom. The van der Waals surface area contributed by atoms with Gasteiger partial charge in [0.1, 0.15) is 0 Å². The van der Waals surface area contributed by atoms with E-state index in [1.807, 2.05) is 31.6 Å². The summed E-state index contributed by atoms with van der Waals surface area (Å²) in [7, 11) is -0.948. The van der Waals surface area contributed by atoms with Crippen molar-refractivity contribution in [2.24, 2.45) is 7.05 Å². The average Bonchev–Trinajstić information content (AvgIpc) is 2.65. The molecule has 6 heteroatoms. The SMILES string of the molecule is Cc1cc(CNC2(C)CCS(=O)(=O)C2)n(C)n1. The standard InChI is InChI=1S/C11H19N3O2S/c1-9-6-10(14(3)13-9)7-12-11(2)4-5-17(15,16)8-11/h6,12H,4-5,7-8H2,1-3H3. The second-order valence-electron chi connectivity index (χ2n) is 5.16. The molecule has 1 unspecified atom stereocenters. The second-order valence-corrected chi connectivity index (χ2v) is 7.34. The predicted octanol–water partition coefficient (Wildman–Crippen LogP) is 0.395. The summed E-state index contributed by atoms with van der Waals surface area (Å²) in [5.41, 5.74) is 1.76. The van der Waals surface area contributed by atoms with Gasteiger partial charge in [-0.15, -0.1) is 0 Å². The van der Waals surface area contributed by atoms with E-state index in [0.717, 1.165) is 11.4 Å². The fourth-order valence-electron chi connectivity index (χ4n) is 2.28. The van der Waals surface area contributed by atoms with Gasteiger partial charge in [-0.1, -0.05) is 0 Å². The maximum atomic E-state index is 11.5. The molecule has 1 atom stereocenters. The van der Waals surface area contributed by atoms with Crippen molar-refractivity contribution in [3.63, 3.8) is 0 Å². The molecule has 0 aliphatic carbocycles. The second kappa shape index (κ2) is 4.10. The Bertz CT molecular complexity index is 521. The predicted molar refractivity (Wildman–Crippen MR) is 66.5 cm³/mol. The lowest BCUT2D eigenvalue weighted by Crippen LogP contribution is -2.43. The van der Waals surface area contributed by atoms with Crippen LogP contribution >= 0.6 is 0 Å². The summed E-state index contributed by atoms with van der Waals surface area (Å²) in [5, 5.41) is 7.61. The third-order valence-electron chi connectivity index (χ3n) is 3.30. The molecule has 1 aliphatic rings. The molecule has 0 spiro atoms. The van der Waals surface area contributed by atoms with Gasteiger partial charge in [0.05, 0.1) is 22.9 Å². The van der Waals surface area contributed by atoms with Crippen molar-refractivity contribution in [1.29, 1.82) is 0 Å². The first-order valence-corrected chi connectivity index (χ1v) is 7.57. The van der Waals surface area contributed by atoms with Crippen LogP contribution in [-0.2, 0) is 23.4 Å². The molecule has 0 aromatic carbocycles. The molecular formula is C11H19N3O2S. The van der Waals surface area contributed by atoms with E-state index >= 15 is 0 Å². The third kappa shape index (κ3) is 2.87. The molecule has 1 aliphatic heterocycles. The Kier molecular flexibility index (Phi) is 3.03. The van der Waals surface area contributed by atoms with Gasteiger partial charge in [-0.2, -0.15) is 5.10 Å². The van der Waals surface area contributed by atoms with E-state index in [1.165, 1.54) is 0 Å². The van der Waals surface area contributed by atoms with Crippen molar-refractivity contribution in [3.8, 4) is 0 Å². The first kappa shape index (κ1) is 12.6. The van der Waals surface area contributed by atoms with Crippen LogP contribution < -0.4 is 5.32 Å². The minimum Gasteiger partial charge on any atom is -0.305 e. The molecule has 5 nitrogen and oxygen atoms in total. The zero-order chi connectivity index (χ0) is 12.7. The Morgan fingerprint density at radius 1 is 1.59 bits per heavy atom. The van der Waals surface area contributed by atoms with Gasteiger partial charge < -0.3 is 5.32 Å². The van der Waals surface area contributed by atoms with Gasteiger partial charge >= 0.3 is 0 Å². The molecule has 0 amide bonds. The molecule has 2 rings (SSSR count). The molecule has 17 heavy (non-hydrogen) atoms. The van der Waals surface area contributed by atoms with Crippen LogP contribution in [0.15, 0.2) is 6.07 Å². The zero-order valence-electron chi connectivity index (χ0n) is 10.5. The van der Waals surface area contributed by atoms with Crippen LogP contribution in [0, 0.1) is 6.92 Å². The third-order valence-corrected chi connectivity index (χ3v) is 5.20. The van der Waals surface area contributed by atoms with Crippen molar-refractivity contribution >= 4 is 9.84 Å². The minimum atomic E-state index is -2.85. The number of rotatable bonds is 3. The first-order chi connectivity index (χ1) is 7.80. The highest BCUT2D eigenvalue weighted by Gasteiger charge is 2.37. The molecule has 96 valence electrons. The number of sulfone groups is 1. The van der Waals surface area contributed by atoms with Gasteiger partial charge in [-0.25, -0.2) is 8.42 Å². The summed E-state index contributed by atoms with van der Waals surface area (Å²) in [5.74, 6) is 0.526. The van der Waals surface area contributed by atoms with E-state index in [-0.39, 0.29) is 11.3 Å².